The van der Waals surface area contributed by atoms with Gasteiger partial charge in [-0.2, -0.15) is 0 Å². The Morgan fingerprint density at radius 2 is 2.04 bits per heavy atom. The molecule has 0 fully saturated rings. The van der Waals surface area contributed by atoms with Crippen molar-refractivity contribution in [3.8, 4) is 5.88 Å². The average Bonchev–Trinajstić information content (AvgIpc) is 2.57. The van der Waals surface area contributed by atoms with Crippen LogP contribution in [0.5, 0.6) is 5.88 Å². The highest BCUT2D eigenvalue weighted by Gasteiger charge is 2.12. The summed E-state index contributed by atoms with van der Waals surface area (Å²) in [5.41, 5.74) is 2.94. The molecule has 1 aromatic heterocycles. The van der Waals surface area contributed by atoms with Crippen molar-refractivity contribution in [1.29, 1.82) is 0 Å². The number of halogens is 1. The van der Waals surface area contributed by atoms with Crippen molar-refractivity contribution in [2.45, 2.75) is 33.3 Å². The maximum atomic E-state index is 6.01. The zero-order valence-corrected chi connectivity index (χ0v) is 16.2. The fraction of sp³-hybridized carbons (Fsp3) is 0.368. The molecule has 0 saturated heterocycles. The Morgan fingerprint density at radius 3 is 2.71 bits per heavy atom. The lowest BCUT2D eigenvalue weighted by Crippen LogP contribution is -2.16. The molecule has 4 nitrogen and oxygen atoms in total. The molecule has 0 aliphatic rings. The zero-order chi connectivity index (χ0) is 17.5. The van der Waals surface area contributed by atoms with E-state index in [1.807, 2.05) is 49.5 Å². The first-order valence-electron chi connectivity index (χ1n) is 8.11. The van der Waals surface area contributed by atoms with E-state index in [0.717, 1.165) is 28.8 Å². The van der Waals surface area contributed by atoms with Crippen molar-refractivity contribution in [3.63, 3.8) is 0 Å². The summed E-state index contributed by atoms with van der Waals surface area (Å²) in [4.78, 5) is 11.0. The number of benzene rings is 1. The van der Waals surface area contributed by atoms with Crippen LogP contribution in [0.4, 0.5) is 5.69 Å². The number of aromatic nitrogens is 1. The highest BCUT2D eigenvalue weighted by atomic mass is 79.9. The Labute approximate surface area is 152 Å². The first-order chi connectivity index (χ1) is 11.5. The predicted octanol–water partition coefficient (Wildman–Crippen LogP) is 4.77. The number of aryl methyl sites for hydroxylation is 1. The highest BCUT2D eigenvalue weighted by molar-refractivity contribution is 9.10. The van der Waals surface area contributed by atoms with Gasteiger partial charge in [0.25, 0.3) is 0 Å². The van der Waals surface area contributed by atoms with Gasteiger partial charge >= 0.3 is 0 Å². The lowest BCUT2D eigenvalue weighted by Gasteiger charge is -2.16. The normalized spacial score (nSPS) is 12.4. The molecule has 24 heavy (non-hydrogen) atoms. The summed E-state index contributed by atoms with van der Waals surface area (Å²) in [5.74, 6) is 0.610. The Bertz CT molecular complexity index is 689. The summed E-state index contributed by atoms with van der Waals surface area (Å²) in [7, 11) is 1.99. The van der Waals surface area contributed by atoms with Crippen molar-refractivity contribution >= 4 is 28.0 Å². The van der Waals surface area contributed by atoms with E-state index < -0.39 is 0 Å². The van der Waals surface area contributed by atoms with Crippen LogP contribution in [-0.4, -0.2) is 35.9 Å². The summed E-state index contributed by atoms with van der Waals surface area (Å²) in [6.07, 6.45) is 2.70. The summed E-state index contributed by atoms with van der Waals surface area (Å²) in [6, 6.07) is 12.3. The van der Waals surface area contributed by atoms with E-state index in [-0.39, 0.29) is 6.10 Å². The molecule has 1 atom stereocenters. The van der Waals surface area contributed by atoms with Gasteiger partial charge in [-0.25, -0.2) is 9.98 Å². The van der Waals surface area contributed by atoms with Gasteiger partial charge in [0.15, 0.2) is 0 Å². The van der Waals surface area contributed by atoms with Crippen molar-refractivity contribution in [1.82, 2.24) is 9.88 Å². The van der Waals surface area contributed by atoms with Gasteiger partial charge in [-0.15, -0.1) is 0 Å². The summed E-state index contributed by atoms with van der Waals surface area (Å²) in [6.45, 7) is 6.99. The molecule has 5 heteroatoms. The van der Waals surface area contributed by atoms with Crippen LogP contribution >= 0.6 is 15.9 Å². The van der Waals surface area contributed by atoms with E-state index in [0.29, 0.717) is 5.88 Å². The van der Waals surface area contributed by atoms with E-state index in [1.54, 1.807) is 0 Å². The molecule has 1 aromatic carbocycles. The maximum absolute atomic E-state index is 6.01. The third kappa shape index (κ3) is 5.34. The highest BCUT2D eigenvalue weighted by Crippen LogP contribution is 2.30. The number of pyridine rings is 1. The standard InChI is InChI=1S/C19H24BrN3O/c1-5-23(4)13-21-18-12-17(20)19(22-15(18)3)24-14(2)11-16-9-7-6-8-10-16/h6-10,12-14H,5,11H2,1-4H3/b21-13+. The van der Waals surface area contributed by atoms with Gasteiger partial charge in [0.1, 0.15) is 6.10 Å². The zero-order valence-electron chi connectivity index (χ0n) is 14.7. The molecular weight excluding hydrogens is 366 g/mol. The average molecular weight is 390 g/mol. The molecule has 0 bridgehead atoms. The third-order valence-corrected chi connectivity index (χ3v) is 4.25. The molecular formula is C19H24BrN3O. The number of ether oxygens (including phenoxy) is 1. The summed E-state index contributed by atoms with van der Waals surface area (Å²) in [5, 5.41) is 0. The molecule has 128 valence electrons. The van der Waals surface area contributed by atoms with Crippen LogP contribution in [0, 0.1) is 6.92 Å². The molecule has 0 saturated carbocycles. The largest absolute Gasteiger partial charge is 0.473 e. The molecule has 2 rings (SSSR count). The number of rotatable bonds is 7. The fourth-order valence-electron chi connectivity index (χ4n) is 2.18. The fourth-order valence-corrected chi connectivity index (χ4v) is 2.58. The third-order valence-electron chi connectivity index (χ3n) is 3.68. The smallest absolute Gasteiger partial charge is 0.228 e. The van der Waals surface area contributed by atoms with Crippen LogP contribution in [0.15, 0.2) is 45.9 Å². The summed E-state index contributed by atoms with van der Waals surface area (Å²) < 4.78 is 6.83. The van der Waals surface area contributed by atoms with Crippen molar-refractivity contribution in [2.75, 3.05) is 13.6 Å². The molecule has 0 N–H and O–H groups in total. The van der Waals surface area contributed by atoms with Crippen LogP contribution in [0.1, 0.15) is 25.1 Å². The second-order valence-corrected chi connectivity index (χ2v) is 6.67. The van der Waals surface area contributed by atoms with Crippen LogP contribution in [0.3, 0.4) is 0 Å². The number of hydrogen-bond acceptors (Lipinski definition) is 3. The first-order valence-corrected chi connectivity index (χ1v) is 8.91. The lowest BCUT2D eigenvalue weighted by atomic mass is 10.1. The lowest BCUT2D eigenvalue weighted by molar-refractivity contribution is 0.211. The molecule has 0 spiro atoms. The second-order valence-electron chi connectivity index (χ2n) is 5.82. The van der Waals surface area contributed by atoms with Gasteiger partial charge in [0, 0.05) is 20.0 Å². The minimum atomic E-state index is 0.0381. The van der Waals surface area contributed by atoms with Gasteiger partial charge in [0.05, 0.1) is 22.2 Å². The SMILES string of the molecule is CCN(C)/C=N/c1cc(Br)c(OC(C)Cc2ccccc2)nc1C. The van der Waals surface area contributed by atoms with Gasteiger partial charge < -0.3 is 9.64 Å². The topological polar surface area (TPSA) is 37.7 Å². The Kier molecular flexibility index (Phi) is 6.79. The van der Waals surface area contributed by atoms with Crippen LogP contribution < -0.4 is 4.74 Å². The predicted molar refractivity (Wildman–Crippen MR) is 103 cm³/mol. The van der Waals surface area contributed by atoms with Crippen LogP contribution in [0.2, 0.25) is 0 Å². The van der Waals surface area contributed by atoms with Crippen molar-refractivity contribution in [3.05, 3.63) is 52.1 Å². The molecule has 1 unspecified atom stereocenters. The van der Waals surface area contributed by atoms with E-state index in [2.05, 4.69) is 51.9 Å². The first kappa shape index (κ1) is 18.5. The Morgan fingerprint density at radius 1 is 1.33 bits per heavy atom. The molecule has 0 aliphatic carbocycles. The molecule has 0 amide bonds. The minimum absolute atomic E-state index is 0.0381. The van der Waals surface area contributed by atoms with Crippen molar-refractivity contribution in [2.24, 2.45) is 4.99 Å². The van der Waals surface area contributed by atoms with Crippen LogP contribution in [-0.2, 0) is 6.42 Å². The number of hydrogen-bond donors (Lipinski definition) is 0. The number of nitrogens with zero attached hydrogens (tertiary/aromatic N) is 3. The monoisotopic (exact) mass is 389 g/mol. The van der Waals surface area contributed by atoms with Crippen LogP contribution in [0.25, 0.3) is 0 Å². The Hall–Kier alpha value is -1.88. The summed E-state index contributed by atoms with van der Waals surface area (Å²) >= 11 is 3.54. The quantitative estimate of drug-likeness (QED) is 0.505. The van der Waals surface area contributed by atoms with E-state index in [9.17, 15) is 0 Å². The van der Waals surface area contributed by atoms with Gasteiger partial charge in [-0.05, 0) is 48.3 Å². The Balaban J connectivity index is 2.08. The van der Waals surface area contributed by atoms with Crippen molar-refractivity contribution < 1.29 is 4.74 Å². The molecule has 2 aromatic rings. The van der Waals surface area contributed by atoms with E-state index in [1.165, 1.54) is 5.56 Å². The second kappa shape index (κ2) is 8.83. The number of aliphatic imine (C=N–C) groups is 1. The molecule has 1 heterocycles. The molecule has 0 aliphatic heterocycles. The van der Waals surface area contributed by atoms with Gasteiger partial charge in [-0.3, -0.25) is 0 Å². The van der Waals surface area contributed by atoms with Gasteiger partial charge in [-0.1, -0.05) is 30.3 Å². The van der Waals surface area contributed by atoms with Gasteiger partial charge in [0.2, 0.25) is 5.88 Å². The molecule has 0 radical (unpaired) electrons. The van der Waals surface area contributed by atoms with E-state index in [4.69, 9.17) is 4.74 Å². The minimum Gasteiger partial charge on any atom is -0.473 e. The maximum Gasteiger partial charge on any atom is 0.228 e. The van der Waals surface area contributed by atoms with E-state index >= 15 is 0 Å².